The van der Waals surface area contributed by atoms with Gasteiger partial charge in [0.05, 0.1) is 12.6 Å². The summed E-state index contributed by atoms with van der Waals surface area (Å²) in [5.74, 6) is -0.132. The molecule has 0 aliphatic carbocycles. The van der Waals surface area contributed by atoms with Crippen LogP contribution in [0.3, 0.4) is 0 Å². The average molecular weight is 302 g/mol. The Balaban J connectivity index is 2.03. The zero-order valence-electron chi connectivity index (χ0n) is 12.7. The number of hydrogen-bond donors (Lipinski definition) is 1. The van der Waals surface area contributed by atoms with Crippen LogP contribution >= 0.6 is 0 Å². The summed E-state index contributed by atoms with van der Waals surface area (Å²) >= 11 is 0. The van der Waals surface area contributed by atoms with E-state index in [2.05, 4.69) is 15.2 Å². The van der Waals surface area contributed by atoms with Crippen LogP contribution in [0.4, 0.5) is 0 Å². The third-order valence-corrected chi connectivity index (χ3v) is 3.91. The first-order valence-corrected chi connectivity index (χ1v) is 6.98. The maximum absolute atomic E-state index is 12.7. The van der Waals surface area contributed by atoms with Crippen LogP contribution in [0.1, 0.15) is 33.4 Å². The van der Waals surface area contributed by atoms with Crippen molar-refractivity contribution in [3.63, 3.8) is 0 Å². The zero-order valence-corrected chi connectivity index (χ0v) is 12.7. The van der Waals surface area contributed by atoms with Gasteiger partial charge in [-0.3, -0.25) is 14.9 Å². The first-order valence-electron chi connectivity index (χ1n) is 6.98. The second kappa shape index (κ2) is 5.86. The molecule has 0 spiro atoms. The summed E-state index contributed by atoms with van der Waals surface area (Å²) in [5.41, 5.74) is 3.16. The fourth-order valence-electron chi connectivity index (χ4n) is 2.82. The fourth-order valence-corrected chi connectivity index (χ4v) is 2.82. The van der Waals surface area contributed by atoms with Crippen LogP contribution in [0.25, 0.3) is 0 Å². The van der Waals surface area contributed by atoms with Gasteiger partial charge in [0.2, 0.25) is 0 Å². The molecule has 0 aromatic carbocycles. The maximum atomic E-state index is 12.7. The number of carbonyl (C=O) groups is 1. The molecule has 116 valence electrons. The number of amides is 1. The molecule has 3 rings (SSSR count). The van der Waals surface area contributed by atoms with E-state index < -0.39 is 6.29 Å². The van der Waals surface area contributed by atoms with Gasteiger partial charge in [-0.2, -0.15) is 5.10 Å². The lowest BCUT2D eigenvalue weighted by Gasteiger charge is -2.28. The van der Waals surface area contributed by atoms with Crippen LogP contribution in [-0.2, 0) is 9.47 Å². The van der Waals surface area contributed by atoms with Crippen molar-refractivity contribution in [3.05, 3.63) is 47.0 Å². The Kier molecular flexibility index (Phi) is 3.91. The van der Waals surface area contributed by atoms with Gasteiger partial charge < -0.3 is 14.4 Å². The third-order valence-electron chi connectivity index (χ3n) is 3.91. The van der Waals surface area contributed by atoms with Gasteiger partial charge >= 0.3 is 0 Å². The van der Waals surface area contributed by atoms with Gasteiger partial charge in [0.25, 0.3) is 5.91 Å². The summed E-state index contributed by atoms with van der Waals surface area (Å²) in [6.07, 6.45) is 2.98. The smallest absolute Gasteiger partial charge is 0.275 e. The molecular weight excluding hydrogens is 284 g/mol. The Morgan fingerprint density at radius 3 is 2.82 bits per heavy atom. The van der Waals surface area contributed by atoms with Crippen molar-refractivity contribution in [2.45, 2.75) is 19.3 Å². The Bertz CT molecular complexity index is 667. The summed E-state index contributed by atoms with van der Waals surface area (Å²) < 4.78 is 10.5. The molecule has 2 aromatic heterocycles. The number of rotatable bonds is 5. The highest BCUT2D eigenvalue weighted by atomic mass is 16.7. The molecule has 1 atom stereocenters. The molecule has 1 amide bonds. The van der Waals surface area contributed by atoms with E-state index in [4.69, 9.17) is 9.47 Å². The number of aryl methyl sites for hydroxylation is 1. The van der Waals surface area contributed by atoms with Crippen molar-refractivity contribution in [2.75, 3.05) is 20.8 Å². The molecule has 22 heavy (non-hydrogen) atoms. The predicted molar refractivity (Wildman–Crippen MR) is 78.2 cm³/mol. The molecular formula is C15H18N4O3. The molecule has 0 bridgehead atoms. The summed E-state index contributed by atoms with van der Waals surface area (Å²) in [6, 6.07) is 3.58. The highest BCUT2D eigenvalue weighted by Gasteiger charge is 2.42. The molecule has 0 saturated heterocycles. The molecule has 0 fully saturated rings. The minimum Gasteiger partial charge on any atom is -0.354 e. The quantitative estimate of drug-likeness (QED) is 0.842. The van der Waals surface area contributed by atoms with Crippen molar-refractivity contribution in [1.82, 2.24) is 20.1 Å². The minimum absolute atomic E-state index is 0.132. The molecule has 3 heterocycles. The lowest BCUT2D eigenvalue weighted by molar-refractivity contribution is -0.113. The standard InChI is InChI=1S/C15H18N4O3/c1-9-12-13(18-17-9)15(20)19(8-11(21-2)22-3)14(12)10-5-4-6-16-7-10/h4-7,11,14H,8H2,1-3H3,(H,17,18). The van der Waals surface area contributed by atoms with E-state index in [1.54, 1.807) is 31.5 Å². The van der Waals surface area contributed by atoms with E-state index in [0.29, 0.717) is 12.2 Å². The zero-order chi connectivity index (χ0) is 15.7. The van der Waals surface area contributed by atoms with E-state index in [9.17, 15) is 4.79 Å². The number of carbonyl (C=O) groups excluding carboxylic acids is 1. The van der Waals surface area contributed by atoms with Crippen LogP contribution in [-0.4, -0.2) is 53.0 Å². The fraction of sp³-hybridized carbons (Fsp3) is 0.400. The first-order chi connectivity index (χ1) is 10.7. The largest absolute Gasteiger partial charge is 0.354 e. The van der Waals surface area contributed by atoms with Crippen LogP contribution in [0.15, 0.2) is 24.5 Å². The Hall–Kier alpha value is -2.25. The number of methoxy groups -OCH3 is 2. The number of nitrogens with zero attached hydrogens (tertiary/aromatic N) is 3. The Morgan fingerprint density at radius 2 is 2.18 bits per heavy atom. The number of hydrogen-bond acceptors (Lipinski definition) is 5. The molecule has 1 N–H and O–H groups in total. The van der Waals surface area contributed by atoms with Crippen molar-refractivity contribution < 1.29 is 14.3 Å². The van der Waals surface area contributed by atoms with Gasteiger partial charge in [0.15, 0.2) is 12.0 Å². The van der Waals surface area contributed by atoms with Gasteiger partial charge in [-0.15, -0.1) is 0 Å². The van der Waals surface area contributed by atoms with E-state index in [-0.39, 0.29) is 11.9 Å². The average Bonchev–Trinajstić information content (AvgIpc) is 3.05. The minimum atomic E-state index is -0.489. The highest BCUT2D eigenvalue weighted by molar-refractivity contribution is 5.98. The number of aromatic amines is 1. The maximum Gasteiger partial charge on any atom is 0.275 e. The number of fused-ring (bicyclic) bond motifs is 1. The summed E-state index contributed by atoms with van der Waals surface area (Å²) in [4.78, 5) is 18.6. The first kappa shape index (κ1) is 14.7. The molecule has 0 saturated carbocycles. The van der Waals surface area contributed by atoms with E-state index >= 15 is 0 Å². The molecule has 2 aromatic rings. The Morgan fingerprint density at radius 1 is 1.41 bits per heavy atom. The molecule has 7 heteroatoms. The highest BCUT2D eigenvalue weighted by Crippen LogP contribution is 2.39. The van der Waals surface area contributed by atoms with E-state index in [1.807, 2.05) is 19.1 Å². The summed E-state index contributed by atoms with van der Waals surface area (Å²) in [7, 11) is 3.11. The van der Waals surface area contributed by atoms with Crippen molar-refractivity contribution >= 4 is 5.91 Å². The second-order valence-electron chi connectivity index (χ2n) is 5.16. The lowest BCUT2D eigenvalue weighted by atomic mass is 10.0. The third kappa shape index (κ3) is 2.28. The topological polar surface area (TPSA) is 80.3 Å². The van der Waals surface area contributed by atoms with Crippen LogP contribution < -0.4 is 0 Å². The molecule has 1 unspecified atom stereocenters. The predicted octanol–water partition coefficient (Wildman–Crippen LogP) is 1.28. The van der Waals surface area contributed by atoms with Gasteiger partial charge in [0.1, 0.15) is 0 Å². The number of nitrogens with one attached hydrogen (secondary N) is 1. The van der Waals surface area contributed by atoms with E-state index in [0.717, 1.165) is 16.8 Å². The Labute approximate surface area is 128 Å². The van der Waals surface area contributed by atoms with Crippen molar-refractivity contribution in [3.8, 4) is 0 Å². The number of aromatic nitrogens is 3. The SMILES string of the molecule is COC(CN1C(=O)c2n[nH]c(C)c2C1c1cccnc1)OC. The summed E-state index contributed by atoms with van der Waals surface area (Å²) in [5, 5.41) is 7.03. The monoisotopic (exact) mass is 302 g/mol. The molecule has 1 aliphatic rings. The normalized spacial score (nSPS) is 17.4. The van der Waals surface area contributed by atoms with E-state index in [1.165, 1.54) is 0 Å². The van der Waals surface area contributed by atoms with Gasteiger partial charge in [-0.25, -0.2) is 0 Å². The van der Waals surface area contributed by atoms with Gasteiger partial charge in [0, 0.05) is 37.9 Å². The lowest BCUT2D eigenvalue weighted by Crippen LogP contribution is -2.38. The number of ether oxygens (including phenoxy) is 2. The van der Waals surface area contributed by atoms with Gasteiger partial charge in [-0.1, -0.05) is 6.07 Å². The van der Waals surface area contributed by atoms with Crippen LogP contribution in [0.2, 0.25) is 0 Å². The van der Waals surface area contributed by atoms with Crippen molar-refractivity contribution in [1.29, 1.82) is 0 Å². The molecule has 1 aliphatic heterocycles. The number of H-pyrrole nitrogens is 1. The van der Waals surface area contributed by atoms with Gasteiger partial charge in [-0.05, 0) is 18.6 Å². The molecule has 7 nitrogen and oxygen atoms in total. The van der Waals surface area contributed by atoms with Crippen LogP contribution in [0, 0.1) is 6.92 Å². The second-order valence-corrected chi connectivity index (χ2v) is 5.16. The van der Waals surface area contributed by atoms with Crippen LogP contribution in [0.5, 0.6) is 0 Å². The number of pyridine rings is 1. The van der Waals surface area contributed by atoms with Crippen molar-refractivity contribution in [2.24, 2.45) is 0 Å². The molecule has 0 radical (unpaired) electrons. The summed E-state index contributed by atoms with van der Waals surface area (Å²) in [6.45, 7) is 2.23.